The number of carbonyl (C=O) groups is 1. The quantitative estimate of drug-likeness (QED) is 0.908. The Bertz CT molecular complexity index is 458. The molecule has 1 aromatic rings. The molecule has 1 amide bonds. The Morgan fingerprint density at radius 3 is 2.85 bits per heavy atom. The summed E-state index contributed by atoms with van der Waals surface area (Å²) in [4.78, 5) is 14.3. The molecule has 2 rings (SSSR count). The third-order valence-electron chi connectivity index (χ3n) is 3.42. The molecular weight excluding hydrogens is 327 g/mol. The molecule has 1 N–H and O–H groups in total. The first-order chi connectivity index (χ1) is 9.59. The fourth-order valence-electron chi connectivity index (χ4n) is 2.19. The zero-order valence-corrected chi connectivity index (χ0v) is 13.0. The lowest BCUT2D eigenvalue weighted by Gasteiger charge is -2.32. The molecule has 0 spiro atoms. The maximum absolute atomic E-state index is 13.7. The van der Waals surface area contributed by atoms with Gasteiger partial charge in [-0.25, -0.2) is 4.39 Å². The van der Waals surface area contributed by atoms with E-state index >= 15 is 0 Å². The standard InChI is InChI=1S/C14H18BrFN2O2/c1-10(18-5-7-20-8-6-18)9-17-14(19)13-11(15)3-2-4-12(13)16/h2-4,10H,5-9H2,1H3,(H,17,19)/t10-/m1/s1. The van der Waals surface area contributed by atoms with Gasteiger partial charge in [0.1, 0.15) is 5.82 Å². The van der Waals surface area contributed by atoms with E-state index in [1.807, 2.05) is 6.92 Å². The lowest BCUT2D eigenvalue weighted by molar-refractivity contribution is 0.0204. The first-order valence-electron chi connectivity index (χ1n) is 6.63. The van der Waals surface area contributed by atoms with Crippen LogP contribution in [0.15, 0.2) is 22.7 Å². The SMILES string of the molecule is C[C@H](CNC(=O)c1c(F)cccc1Br)N1CCOCC1. The van der Waals surface area contributed by atoms with Gasteiger partial charge in [-0.05, 0) is 35.0 Å². The van der Waals surface area contributed by atoms with E-state index in [-0.39, 0.29) is 11.6 Å². The zero-order chi connectivity index (χ0) is 14.5. The van der Waals surface area contributed by atoms with Gasteiger partial charge in [0.25, 0.3) is 5.91 Å². The van der Waals surface area contributed by atoms with E-state index in [1.54, 1.807) is 12.1 Å². The van der Waals surface area contributed by atoms with Crippen molar-refractivity contribution in [2.75, 3.05) is 32.8 Å². The van der Waals surface area contributed by atoms with Crippen LogP contribution in [0.25, 0.3) is 0 Å². The first-order valence-corrected chi connectivity index (χ1v) is 7.43. The number of benzene rings is 1. The van der Waals surface area contributed by atoms with Crippen LogP contribution in [0.1, 0.15) is 17.3 Å². The Balaban J connectivity index is 1.91. The summed E-state index contributed by atoms with van der Waals surface area (Å²) in [5, 5.41) is 2.79. The summed E-state index contributed by atoms with van der Waals surface area (Å²) in [6.45, 7) is 5.69. The molecule has 0 aliphatic carbocycles. The van der Waals surface area contributed by atoms with Crippen LogP contribution in [0.4, 0.5) is 4.39 Å². The Morgan fingerprint density at radius 1 is 1.50 bits per heavy atom. The number of halogens is 2. The minimum absolute atomic E-state index is 0.0571. The van der Waals surface area contributed by atoms with Gasteiger partial charge in [-0.3, -0.25) is 9.69 Å². The molecule has 0 bridgehead atoms. The van der Waals surface area contributed by atoms with Crippen LogP contribution in [0.3, 0.4) is 0 Å². The normalized spacial score (nSPS) is 17.8. The molecule has 0 saturated carbocycles. The van der Waals surface area contributed by atoms with Crippen molar-refractivity contribution in [3.8, 4) is 0 Å². The second kappa shape index (κ2) is 7.15. The molecular formula is C14H18BrFN2O2. The van der Waals surface area contributed by atoms with Gasteiger partial charge in [0.15, 0.2) is 0 Å². The highest BCUT2D eigenvalue weighted by Gasteiger charge is 2.19. The van der Waals surface area contributed by atoms with Crippen LogP contribution >= 0.6 is 15.9 Å². The maximum atomic E-state index is 13.7. The summed E-state index contributed by atoms with van der Waals surface area (Å²) >= 11 is 3.20. The summed E-state index contributed by atoms with van der Waals surface area (Å²) in [5.41, 5.74) is 0.0571. The van der Waals surface area contributed by atoms with E-state index < -0.39 is 11.7 Å². The van der Waals surface area contributed by atoms with E-state index in [9.17, 15) is 9.18 Å². The highest BCUT2D eigenvalue weighted by Crippen LogP contribution is 2.19. The van der Waals surface area contributed by atoms with Gasteiger partial charge in [-0.1, -0.05) is 6.07 Å². The number of nitrogens with one attached hydrogen (secondary N) is 1. The summed E-state index contributed by atoms with van der Waals surface area (Å²) in [7, 11) is 0. The van der Waals surface area contributed by atoms with Gasteiger partial charge < -0.3 is 10.1 Å². The predicted octanol–water partition coefficient (Wildman–Crippen LogP) is 2.04. The smallest absolute Gasteiger partial charge is 0.255 e. The van der Waals surface area contributed by atoms with Gasteiger partial charge in [0.2, 0.25) is 0 Å². The monoisotopic (exact) mass is 344 g/mol. The van der Waals surface area contributed by atoms with Crippen LogP contribution in [-0.4, -0.2) is 49.7 Å². The number of hydrogen-bond donors (Lipinski definition) is 1. The number of nitrogens with zero attached hydrogens (tertiary/aromatic N) is 1. The van der Waals surface area contributed by atoms with E-state index in [4.69, 9.17) is 4.74 Å². The largest absolute Gasteiger partial charge is 0.379 e. The first kappa shape index (κ1) is 15.4. The molecule has 1 aliphatic rings. The lowest BCUT2D eigenvalue weighted by atomic mass is 10.2. The summed E-state index contributed by atoms with van der Waals surface area (Å²) in [5.74, 6) is -0.911. The second-order valence-corrected chi connectivity index (χ2v) is 5.66. The van der Waals surface area contributed by atoms with E-state index in [0.29, 0.717) is 11.0 Å². The average Bonchev–Trinajstić information content (AvgIpc) is 2.45. The van der Waals surface area contributed by atoms with Crippen LogP contribution < -0.4 is 5.32 Å². The van der Waals surface area contributed by atoms with E-state index in [2.05, 4.69) is 26.1 Å². The summed E-state index contributed by atoms with van der Waals surface area (Å²) in [6, 6.07) is 4.70. The molecule has 4 nitrogen and oxygen atoms in total. The van der Waals surface area contributed by atoms with Crippen LogP contribution in [0.5, 0.6) is 0 Å². The van der Waals surface area contributed by atoms with E-state index in [1.165, 1.54) is 6.07 Å². The molecule has 1 fully saturated rings. The third-order valence-corrected chi connectivity index (χ3v) is 4.08. The van der Waals surface area contributed by atoms with Crippen molar-refractivity contribution in [2.45, 2.75) is 13.0 Å². The van der Waals surface area contributed by atoms with Crippen molar-refractivity contribution in [3.63, 3.8) is 0 Å². The molecule has 1 heterocycles. The molecule has 110 valence electrons. The molecule has 1 aliphatic heterocycles. The van der Waals surface area contributed by atoms with Gasteiger partial charge in [0.05, 0.1) is 18.8 Å². The topological polar surface area (TPSA) is 41.6 Å². The molecule has 1 aromatic carbocycles. The fraction of sp³-hybridized carbons (Fsp3) is 0.500. The minimum atomic E-state index is -0.518. The zero-order valence-electron chi connectivity index (χ0n) is 11.4. The minimum Gasteiger partial charge on any atom is -0.379 e. The number of ether oxygens (including phenoxy) is 1. The van der Waals surface area contributed by atoms with Crippen LogP contribution in [0.2, 0.25) is 0 Å². The average molecular weight is 345 g/mol. The van der Waals surface area contributed by atoms with Gasteiger partial charge in [0, 0.05) is 30.1 Å². The van der Waals surface area contributed by atoms with Gasteiger partial charge >= 0.3 is 0 Å². The van der Waals surface area contributed by atoms with Crippen molar-refractivity contribution in [1.82, 2.24) is 10.2 Å². The summed E-state index contributed by atoms with van der Waals surface area (Å²) in [6.07, 6.45) is 0. The van der Waals surface area contributed by atoms with E-state index in [0.717, 1.165) is 26.3 Å². The van der Waals surface area contributed by atoms with Crippen LogP contribution in [-0.2, 0) is 4.74 Å². The summed E-state index contributed by atoms with van der Waals surface area (Å²) < 4.78 is 19.4. The third kappa shape index (κ3) is 3.77. The highest BCUT2D eigenvalue weighted by molar-refractivity contribution is 9.10. The molecule has 1 saturated heterocycles. The number of amides is 1. The molecule has 1 atom stereocenters. The molecule has 20 heavy (non-hydrogen) atoms. The molecule has 6 heteroatoms. The Kier molecular flexibility index (Phi) is 5.51. The van der Waals surface area contributed by atoms with Gasteiger partial charge in [-0.15, -0.1) is 0 Å². The second-order valence-electron chi connectivity index (χ2n) is 4.80. The molecule has 0 aromatic heterocycles. The maximum Gasteiger partial charge on any atom is 0.255 e. The molecule has 0 radical (unpaired) electrons. The van der Waals surface area contributed by atoms with Crippen molar-refractivity contribution in [3.05, 3.63) is 34.1 Å². The number of carbonyl (C=O) groups excluding carboxylic acids is 1. The molecule has 0 unspecified atom stereocenters. The van der Waals surface area contributed by atoms with Gasteiger partial charge in [-0.2, -0.15) is 0 Å². The predicted molar refractivity (Wildman–Crippen MR) is 78.3 cm³/mol. The van der Waals surface area contributed by atoms with Crippen molar-refractivity contribution in [2.24, 2.45) is 0 Å². The Morgan fingerprint density at radius 2 is 2.20 bits per heavy atom. The van der Waals surface area contributed by atoms with Crippen molar-refractivity contribution < 1.29 is 13.9 Å². The number of hydrogen-bond acceptors (Lipinski definition) is 3. The number of rotatable bonds is 4. The highest BCUT2D eigenvalue weighted by atomic mass is 79.9. The fourth-order valence-corrected chi connectivity index (χ4v) is 2.71. The van der Waals surface area contributed by atoms with Crippen LogP contribution in [0, 0.1) is 5.82 Å². The number of morpholine rings is 1. The lowest BCUT2D eigenvalue weighted by Crippen LogP contribution is -2.47. The Hall–Kier alpha value is -0.980. The van der Waals surface area contributed by atoms with Crippen molar-refractivity contribution >= 4 is 21.8 Å². The Labute approximate surface area is 126 Å². The van der Waals surface area contributed by atoms with Crippen molar-refractivity contribution in [1.29, 1.82) is 0 Å².